The molecule has 3 aromatic rings. The highest BCUT2D eigenvalue weighted by Gasteiger charge is 2.16. The molecule has 3 aromatic heterocycles. The number of allylic oxidation sites excluding steroid dienone is 4. The Morgan fingerprint density at radius 1 is 1.22 bits per heavy atom. The molecule has 6 heteroatoms. The molecule has 0 unspecified atom stereocenters. The molecule has 1 aliphatic carbocycles. The standard InChI is InChI=1S/C17H14N4OS/c1-23-17-19-10-13-14(20-17)12-8-5-9-18-15(12)21(16(13)22)11-6-3-2-4-7-11/h3,5-10H,2,4H2,1H3. The van der Waals surface area contributed by atoms with Crippen LogP contribution >= 0.6 is 11.8 Å². The van der Waals surface area contributed by atoms with Crippen molar-refractivity contribution in [2.24, 2.45) is 0 Å². The second-order valence-corrected chi connectivity index (χ2v) is 6.02. The van der Waals surface area contributed by atoms with Gasteiger partial charge in [-0.3, -0.25) is 9.36 Å². The van der Waals surface area contributed by atoms with Crippen molar-refractivity contribution in [2.45, 2.75) is 18.0 Å². The lowest BCUT2D eigenvalue weighted by molar-refractivity contribution is 0.974. The second kappa shape index (κ2) is 5.62. The fourth-order valence-electron chi connectivity index (χ4n) is 2.81. The molecular formula is C17H14N4OS. The summed E-state index contributed by atoms with van der Waals surface area (Å²) in [6.07, 6.45) is 13.3. The minimum absolute atomic E-state index is 0.128. The zero-order valence-electron chi connectivity index (χ0n) is 12.6. The molecule has 1 aliphatic rings. The zero-order chi connectivity index (χ0) is 15.8. The molecule has 0 amide bonds. The summed E-state index contributed by atoms with van der Waals surface area (Å²) in [5, 5.41) is 2.03. The van der Waals surface area contributed by atoms with Crippen LogP contribution in [-0.2, 0) is 0 Å². The van der Waals surface area contributed by atoms with Crippen LogP contribution in [0.5, 0.6) is 0 Å². The van der Waals surface area contributed by atoms with Crippen molar-refractivity contribution < 1.29 is 0 Å². The van der Waals surface area contributed by atoms with Crippen molar-refractivity contribution in [3.63, 3.8) is 0 Å². The minimum atomic E-state index is -0.128. The van der Waals surface area contributed by atoms with E-state index in [0.29, 0.717) is 21.7 Å². The van der Waals surface area contributed by atoms with Crippen LogP contribution < -0.4 is 5.56 Å². The van der Waals surface area contributed by atoms with Crippen LogP contribution in [0.2, 0.25) is 0 Å². The van der Waals surface area contributed by atoms with E-state index in [2.05, 4.69) is 27.1 Å². The molecule has 114 valence electrons. The predicted octanol–water partition coefficient (Wildman–Crippen LogP) is 3.25. The highest BCUT2D eigenvalue weighted by molar-refractivity contribution is 7.98. The van der Waals surface area contributed by atoms with Crippen LogP contribution in [0.15, 0.2) is 52.7 Å². The molecule has 4 rings (SSSR count). The summed E-state index contributed by atoms with van der Waals surface area (Å²) in [6.45, 7) is 0. The van der Waals surface area contributed by atoms with Crippen molar-refractivity contribution in [3.05, 3.63) is 53.1 Å². The number of rotatable bonds is 2. The third-order valence-electron chi connectivity index (χ3n) is 3.87. The van der Waals surface area contributed by atoms with Gasteiger partial charge in [0.2, 0.25) is 0 Å². The van der Waals surface area contributed by atoms with Gasteiger partial charge in [-0.15, -0.1) is 0 Å². The van der Waals surface area contributed by atoms with E-state index in [-0.39, 0.29) is 5.56 Å². The number of hydrogen-bond donors (Lipinski definition) is 0. The molecule has 0 fully saturated rings. The highest BCUT2D eigenvalue weighted by atomic mass is 32.2. The highest BCUT2D eigenvalue weighted by Crippen LogP contribution is 2.24. The Labute approximate surface area is 136 Å². The fraction of sp³-hybridized carbons (Fsp3) is 0.176. The molecule has 0 atom stereocenters. The Hall–Kier alpha value is -2.47. The maximum Gasteiger partial charge on any atom is 0.267 e. The molecule has 0 saturated carbocycles. The van der Waals surface area contributed by atoms with Gasteiger partial charge in [0.15, 0.2) is 5.16 Å². The molecule has 0 radical (unpaired) electrons. The molecule has 0 bridgehead atoms. The van der Waals surface area contributed by atoms with E-state index < -0.39 is 0 Å². The topological polar surface area (TPSA) is 60.7 Å². The molecular weight excluding hydrogens is 308 g/mol. The Kier molecular flexibility index (Phi) is 3.46. The first-order valence-electron chi connectivity index (χ1n) is 7.37. The van der Waals surface area contributed by atoms with Crippen LogP contribution in [0.1, 0.15) is 12.8 Å². The molecule has 0 aromatic carbocycles. The zero-order valence-corrected chi connectivity index (χ0v) is 13.4. The van der Waals surface area contributed by atoms with Crippen LogP contribution in [-0.4, -0.2) is 25.8 Å². The van der Waals surface area contributed by atoms with Gasteiger partial charge in [0, 0.05) is 23.5 Å². The number of pyridine rings is 2. The van der Waals surface area contributed by atoms with Crippen molar-refractivity contribution >= 4 is 39.4 Å². The number of nitrogens with zero attached hydrogens (tertiary/aromatic N) is 4. The van der Waals surface area contributed by atoms with Gasteiger partial charge in [0.25, 0.3) is 5.56 Å². The molecule has 23 heavy (non-hydrogen) atoms. The Balaban J connectivity index is 2.18. The maximum absolute atomic E-state index is 13.0. The predicted molar refractivity (Wildman–Crippen MR) is 93.5 cm³/mol. The van der Waals surface area contributed by atoms with Gasteiger partial charge in [-0.2, -0.15) is 0 Å². The quantitative estimate of drug-likeness (QED) is 0.412. The smallest absolute Gasteiger partial charge is 0.267 e. The molecule has 3 heterocycles. The van der Waals surface area contributed by atoms with Crippen LogP contribution in [0.25, 0.3) is 27.6 Å². The van der Waals surface area contributed by atoms with Crippen molar-refractivity contribution in [3.8, 4) is 0 Å². The van der Waals surface area contributed by atoms with E-state index in [0.717, 1.165) is 23.9 Å². The van der Waals surface area contributed by atoms with Crippen LogP contribution in [0.3, 0.4) is 0 Å². The van der Waals surface area contributed by atoms with Gasteiger partial charge in [-0.1, -0.05) is 23.9 Å². The van der Waals surface area contributed by atoms with Gasteiger partial charge in [-0.25, -0.2) is 15.0 Å². The lowest BCUT2D eigenvalue weighted by Gasteiger charge is -2.14. The number of thioether (sulfide) groups is 1. The van der Waals surface area contributed by atoms with Gasteiger partial charge >= 0.3 is 0 Å². The molecule has 0 spiro atoms. The third-order valence-corrected chi connectivity index (χ3v) is 4.43. The Morgan fingerprint density at radius 3 is 2.91 bits per heavy atom. The van der Waals surface area contributed by atoms with E-state index in [1.54, 1.807) is 17.0 Å². The SMILES string of the molecule is CSc1ncc2c(=O)n(C3=CCCC=C3)c3ncccc3c2n1. The summed E-state index contributed by atoms with van der Waals surface area (Å²) in [5.74, 6) is 0. The Morgan fingerprint density at radius 2 is 2.13 bits per heavy atom. The van der Waals surface area contributed by atoms with Crippen LogP contribution in [0, 0.1) is 0 Å². The molecule has 0 N–H and O–H groups in total. The monoisotopic (exact) mass is 322 g/mol. The lowest BCUT2D eigenvalue weighted by Crippen LogP contribution is -2.21. The largest absolute Gasteiger partial charge is 0.268 e. The van der Waals surface area contributed by atoms with Gasteiger partial charge in [0.05, 0.1) is 10.9 Å². The first-order valence-corrected chi connectivity index (χ1v) is 8.59. The molecule has 5 nitrogen and oxygen atoms in total. The van der Waals surface area contributed by atoms with Gasteiger partial charge in [-0.05, 0) is 37.3 Å². The third kappa shape index (κ3) is 2.26. The van der Waals surface area contributed by atoms with E-state index >= 15 is 0 Å². The van der Waals surface area contributed by atoms with E-state index in [1.165, 1.54) is 11.8 Å². The second-order valence-electron chi connectivity index (χ2n) is 5.24. The summed E-state index contributed by atoms with van der Waals surface area (Å²) >= 11 is 1.46. The van der Waals surface area contributed by atoms with E-state index in [4.69, 9.17) is 0 Å². The Bertz CT molecular complexity index is 1040. The van der Waals surface area contributed by atoms with E-state index in [9.17, 15) is 4.79 Å². The summed E-state index contributed by atoms with van der Waals surface area (Å²) in [7, 11) is 0. The van der Waals surface area contributed by atoms with Gasteiger partial charge in [0.1, 0.15) is 5.65 Å². The maximum atomic E-state index is 13.0. The fourth-order valence-corrected chi connectivity index (χ4v) is 3.15. The van der Waals surface area contributed by atoms with E-state index in [1.807, 2.05) is 24.5 Å². The first kappa shape index (κ1) is 14.1. The molecule has 0 saturated heterocycles. The van der Waals surface area contributed by atoms with Gasteiger partial charge < -0.3 is 0 Å². The van der Waals surface area contributed by atoms with Crippen molar-refractivity contribution in [1.29, 1.82) is 0 Å². The number of fused-ring (bicyclic) bond motifs is 3. The lowest BCUT2D eigenvalue weighted by atomic mass is 10.1. The number of aromatic nitrogens is 4. The average Bonchev–Trinajstić information content (AvgIpc) is 2.62. The first-order chi connectivity index (χ1) is 11.3. The minimum Gasteiger partial charge on any atom is -0.268 e. The molecule has 0 aliphatic heterocycles. The van der Waals surface area contributed by atoms with Crippen molar-refractivity contribution in [1.82, 2.24) is 19.5 Å². The summed E-state index contributed by atoms with van der Waals surface area (Å²) in [5.41, 5.74) is 2.03. The average molecular weight is 322 g/mol. The number of hydrogen-bond acceptors (Lipinski definition) is 5. The summed E-state index contributed by atoms with van der Waals surface area (Å²) in [6, 6.07) is 3.81. The van der Waals surface area contributed by atoms with Crippen molar-refractivity contribution in [2.75, 3.05) is 6.26 Å². The normalized spacial score (nSPS) is 14.4. The summed E-state index contributed by atoms with van der Waals surface area (Å²) in [4.78, 5) is 26.2. The summed E-state index contributed by atoms with van der Waals surface area (Å²) < 4.78 is 1.66. The van der Waals surface area contributed by atoms with Crippen LogP contribution in [0.4, 0.5) is 0 Å².